The molecular formula is C17H16ClN3O2S. The van der Waals surface area contributed by atoms with Gasteiger partial charge in [-0.05, 0) is 36.5 Å². The van der Waals surface area contributed by atoms with E-state index in [4.69, 9.17) is 23.8 Å². The molecule has 2 N–H and O–H groups in total. The summed E-state index contributed by atoms with van der Waals surface area (Å²) in [5.41, 5.74) is 1.29. The number of rotatable bonds is 3. The number of nitrogens with zero attached hydrogens (tertiary/aromatic N) is 1. The van der Waals surface area contributed by atoms with Gasteiger partial charge in [0.05, 0.1) is 21.8 Å². The molecular weight excluding hydrogens is 346 g/mol. The fourth-order valence-corrected chi connectivity index (χ4v) is 2.41. The van der Waals surface area contributed by atoms with Crippen LogP contribution in [0.3, 0.4) is 0 Å². The second-order valence-corrected chi connectivity index (χ2v) is 5.95. The highest BCUT2D eigenvalue weighted by molar-refractivity contribution is 7.80. The van der Waals surface area contributed by atoms with Crippen LogP contribution >= 0.6 is 23.8 Å². The minimum absolute atomic E-state index is 0.0823. The summed E-state index contributed by atoms with van der Waals surface area (Å²) in [7, 11) is 3.33. The Kier molecular flexibility index (Phi) is 5.89. The maximum absolute atomic E-state index is 12.2. The highest BCUT2D eigenvalue weighted by atomic mass is 35.5. The molecule has 24 heavy (non-hydrogen) atoms. The molecule has 0 aliphatic carbocycles. The lowest BCUT2D eigenvalue weighted by atomic mass is 10.1. The number of halogens is 1. The minimum atomic E-state index is -0.422. The molecule has 0 aromatic heterocycles. The average molecular weight is 362 g/mol. The van der Waals surface area contributed by atoms with Gasteiger partial charge in [-0.15, -0.1) is 0 Å². The van der Waals surface area contributed by atoms with Gasteiger partial charge >= 0.3 is 0 Å². The fraction of sp³-hybridized carbons (Fsp3) is 0.118. The third-order valence-electron chi connectivity index (χ3n) is 3.16. The molecule has 7 heteroatoms. The Morgan fingerprint density at radius 3 is 2.21 bits per heavy atom. The lowest BCUT2D eigenvalue weighted by molar-refractivity contribution is 0.0828. The Hall–Kier alpha value is -2.44. The van der Waals surface area contributed by atoms with E-state index in [9.17, 15) is 9.59 Å². The van der Waals surface area contributed by atoms with Crippen molar-refractivity contribution >= 4 is 46.4 Å². The van der Waals surface area contributed by atoms with Gasteiger partial charge in [-0.1, -0.05) is 35.9 Å². The van der Waals surface area contributed by atoms with Gasteiger partial charge in [0.1, 0.15) is 0 Å². The third kappa shape index (κ3) is 4.31. The molecule has 0 fully saturated rings. The monoisotopic (exact) mass is 361 g/mol. The molecule has 2 aromatic carbocycles. The average Bonchev–Trinajstić information content (AvgIpc) is 2.54. The van der Waals surface area contributed by atoms with Crippen LogP contribution in [-0.2, 0) is 0 Å². The molecule has 0 saturated carbocycles. The first-order valence-electron chi connectivity index (χ1n) is 7.07. The fourth-order valence-electron chi connectivity index (χ4n) is 1.99. The molecule has 5 nitrogen and oxygen atoms in total. The second kappa shape index (κ2) is 7.90. The van der Waals surface area contributed by atoms with Crippen LogP contribution in [0.2, 0.25) is 5.02 Å². The summed E-state index contributed by atoms with van der Waals surface area (Å²) in [4.78, 5) is 25.8. The lowest BCUT2D eigenvalue weighted by Crippen LogP contribution is -2.35. The number of nitrogens with one attached hydrogen (secondary N) is 2. The number of hydrogen-bond acceptors (Lipinski definition) is 3. The number of thiocarbonyl (C=S) groups is 1. The molecule has 124 valence electrons. The van der Waals surface area contributed by atoms with E-state index in [0.29, 0.717) is 21.8 Å². The van der Waals surface area contributed by atoms with Crippen molar-refractivity contribution in [3.8, 4) is 0 Å². The van der Waals surface area contributed by atoms with E-state index in [2.05, 4.69) is 10.6 Å². The van der Waals surface area contributed by atoms with Crippen molar-refractivity contribution < 1.29 is 9.59 Å². The lowest BCUT2D eigenvalue weighted by Gasteiger charge is -2.16. The number of amides is 2. The highest BCUT2D eigenvalue weighted by Gasteiger charge is 2.15. The summed E-state index contributed by atoms with van der Waals surface area (Å²) in [6.45, 7) is 0. The van der Waals surface area contributed by atoms with E-state index in [1.807, 2.05) is 0 Å². The van der Waals surface area contributed by atoms with Gasteiger partial charge in [0, 0.05) is 14.1 Å². The Morgan fingerprint density at radius 2 is 1.58 bits per heavy atom. The van der Waals surface area contributed by atoms with Crippen LogP contribution in [0.1, 0.15) is 20.7 Å². The number of carbonyl (C=O) groups is 2. The molecule has 2 amide bonds. The van der Waals surface area contributed by atoms with Crippen molar-refractivity contribution in [1.29, 1.82) is 0 Å². The van der Waals surface area contributed by atoms with Crippen LogP contribution in [0, 0.1) is 0 Å². The molecule has 0 aliphatic heterocycles. The first kappa shape index (κ1) is 17.9. The number of hydrogen-bond donors (Lipinski definition) is 2. The molecule has 2 rings (SSSR count). The zero-order valence-electron chi connectivity index (χ0n) is 13.2. The Bertz CT molecular complexity index is 793. The van der Waals surface area contributed by atoms with Crippen LogP contribution in [0.4, 0.5) is 5.69 Å². The molecule has 0 atom stereocenters. The number of benzene rings is 2. The molecule has 0 bridgehead atoms. The first-order valence-corrected chi connectivity index (χ1v) is 7.86. The molecule has 0 aliphatic rings. The van der Waals surface area contributed by atoms with Gasteiger partial charge in [-0.2, -0.15) is 0 Å². The van der Waals surface area contributed by atoms with Gasteiger partial charge in [0.15, 0.2) is 5.11 Å². The van der Waals surface area contributed by atoms with Gasteiger partial charge in [0.25, 0.3) is 11.8 Å². The summed E-state index contributed by atoms with van der Waals surface area (Å²) >= 11 is 11.1. The van der Waals surface area contributed by atoms with E-state index in [-0.39, 0.29) is 11.0 Å². The molecule has 0 radical (unpaired) electrons. The minimum Gasteiger partial charge on any atom is -0.345 e. The number of para-hydroxylation sites is 1. The summed E-state index contributed by atoms with van der Waals surface area (Å²) in [6, 6.07) is 13.6. The van der Waals surface area contributed by atoms with Crippen LogP contribution in [0.25, 0.3) is 0 Å². The Morgan fingerprint density at radius 1 is 1.00 bits per heavy atom. The van der Waals surface area contributed by atoms with Crippen LogP contribution in [0.15, 0.2) is 48.5 Å². The smallest absolute Gasteiger partial charge is 0.258 e. The predicted molar refractivity (Wildman–Crippen MR) is 99.6 cm³/mol. The van der Waals surface area contributed by atoms with E-state index < -0.39 is 5.91 Å². The van der Waals surface area contributed by atoms with E-state index in [1.54, 1.807) is 62.6 Å². The van der Waals surface area contributed by atoms with Gasteiger partial charge in [-0.25, -0.2) is 0 Å². The van der Waals surface area contributed by atoms with Crippen molar-refractivity contribution in [3.63, 3.8) is 0 Å². The zero-order chi connectivity index (χ0) is 17.7. The summed E-state index contributed by atoms with van der Waals surface area (Å²) in [6.07, 6.45) is 0. The van der Waals surface area contributed by atoms with Crippen LogP contribution < -0.4 is 10.6 Å². The predicted octanol–water partition coefficient (Wildman–Crippen LogP) is 3.17. The standard InChI is InChI=1S/C17H16ClN3O2S/c1-21(2)16(23)12-8-4-6-10-14(12)19-17(24)20-15(22)11-7-3-5-9-13(11)18/h3-10H,1-2H3,(H2,19,20,22,24). The van der Waals surface area contributed by atoms with Crippen LogP contribution in [0.5, 0.6) is 0 Å². The van der Waals surface area contributed by atoms with Crippen molar-refractivity contribution in [1.82, 2.24) is 10.2 Å². The molecule has 0 spiro atoms. The zero-order valence-corrected chi connectivity index (χ0v) is 14.7. The van der Waals surface area contributed by atoms with E-state index in [0.717, 1.165) is 0 Å². The van der Waals surface area contributed by atoms with E-state index >= 15 is 0 Å². The molecule has 0 unspecified atom stereocenters. The maximum atomic E-state index is 12.2. The SMILES string of the molecule is CN(C)C(=O)c1ccccc1NC(=S)NC(=O)c1ccccc1Cl. The van der Waals surface area contributed by atoms with E-state index in [1.165, 1.54) is 4.90 Å². The Labute approximate surface area is 150 Å². The van der Waals surface area contributed by atoms with Gasteiger partial charge < -0.3 is 10.2 Å². The molecule has 0 heterocycles. The summed E-state index contributed by atoms with van der Waals surface area (Å²) in [5, 5.41) is 5.84. The van der Waals surface area contributed by atoms with Gasteiger partial charge in [-0.3, -0.25) is 14.9 Å². The maximum Gasteiger partial charge on any atom is 0.258 e. The number of anilines is 1. The largest absolute Gasteiger partial charge is 0.345 e. The normalized spacial score (nSPS) is 9.96. The molecule has 0 saturated heterocycles. The Balaban J connectivity index is 2.12. The first-order chi connectivity index (χ1) is 11.4. The highest BCUT2D eigenvalue weighted by Crippen LogP contribution is 2.17. The number of carbonyl (C=O) groups excluding carboxylic acids is 2. The van der Waals surface area contributed by atoms with Gasteiger partial charge in [0.2, 0.25) is 0 Å². The summed E-state index contributed by atoms with van der Waals surface area (Å²) in [5.74, 6) is -0.590. The van der Waals surface area contributed by atoms with Crippen molar-refractivity contribution in [2.24, 2.45) is 0 Å². The summed E-state index contributed by atoms with van der Waals surface area (Å²) < 4.78 is 0. The third-order valence-corrected chi connectivity index (χ3v) is 3.69. The quantitative estimate of drug-likeness (QED) is 0.824. The van der Waals surface area contributed by atoms with Crippen molar-refractivity contribution in [3.05, 3.63) is 64.7 Å². The topological polar surface area (TPSA) is 61.4 Å². The second-order valence-electron chi connectivity index (χ2n) is 5.13. The van der Waals surface area contributed by atoms with Crippen LogP contribution in [-0.4, -0.2) is 35.9 Å². The molecule has 2 aromatic rings. The van der Waals surface area contributed by atoms with Crippen molar-refractivity contribution in [2.45, 2.75) is 0 Å². The van der Waals surface area contributed by atoms with Crippen molar-refractivity contribution in [2.75, 3.05) is 19.4 Å².